The average molecular weight is 332 g/mol. The molecule has 0 fully saturated rings. The predicted octanol–water partition coefficient (Wildman–Crippen LogP) is 2.59. The van der Waals surface area contributed by atoms with E-state index in [1.165, 1.54) is 0 Å². The first-order valence-corrected chi connectivity index (χ1v) is 6.77. The number of carbonyl (C=O) groups is 2. The van der Waals surface area contributed by atoms with Crippen molar-refractivity contribution in [2.24, 2.45) is 0 Å². The van der Waals surface area contributed by atoms with Crippen LogP contribution in [0.3, 0.4) is 0 Å². The molecule has 1 aromatic heterocycles. The van der Waals surface area contributed by atoms with E-state index in [1.54, 1.807) is 36.5 Å². The molecule has 20 heavy (non-hydrogen) atoms. The Kier molecular flexibility index (Phi) is 3.23. The van der Waals surface area contributed by atoms with Gasteiger partial charge in [-0.1, -0.05) is 6.07 Å². The molecule has 0 radical (unpaired) electrons. The van der Waals surface area contributed by atoms with Gasteiger partial charge in [-0.3, -0.25) is 9.59 Å². The van der Waals surface area contributed by atoms with Crippen molar-refractivity contribution in [2.75, 3.05) is 10.6 Å². The van der Waals surface area contributed by atoms with Crippen LogP contribution in [-0.2, 0) is 11.2 Å². The molecular formula is C14H10BrN3O2. The molecule has 1 aromatic carbocycles. The van der Waals surface area contributed by atoms with Crippen LogP contribution < -0.4 is 10.6 Å². The molecule has 6 heteroatoms. The standard InChI is InChI=1S/C14H10BrN3O2/c15-12-4-3-10(7-16-12)17-14(20)9-2-1-8-6-13(19)18-11(8)5-9/h1-5,7H,6H2,(H,17,20)(H,18,19). The highest BCUT2D eigenvalue weighted by molar-refractivity contribution is 9.10. The molecule has 3 rings (SSSR count). The van der Waals surface area contributed by atoms with Gasteiger partial charge in [0.1, 0.15) is 4.60 Å². The molecular weight excluding hydrogens is 322 g/mol. The monoisotopic (exact) mass is 331 g/mol. The Bertz CT molecular complexity index is 698. The number of hydrogen-bond donors (Lipinski definition) is 2. The lowest BCUT2D eigenvalue weighted by Crippen LogP contribution is -2.12. The molecule has 0 aliphatic carbocycles. The van der Waals surface area contributed by atoms with E-state index >= 15 is 0 Å². The molecule has 2 N–H and O–H groups in total. The Hall–Kier alpha value is -2.21. The molecule has 0 spiro atoms. The van der Waals surface area contributed by atoms with Crippen LogP contribution in [0.4, 0.5) is 11.4 Å². The quantitative estimate of drug-likeness (QED) is 0.831. The topological polar surface area (TPSA) is 71.1 Å². The van der Waals surface area contributed by atoms with Crippen LogP contribution in [0.25, 0.3) is 0 Å². The lowest BCUT2D eigenvalue weighted by atomic mass is 10.1. The maximum absolute atomic E-state index is 12.1. The predicted molar refractivity (Wildman–Crippen MR) is 78.7 cm³/mol. The van der Waals surface area contributed by atoms with Crippen molar-refractivity contribution in [1.29, 1.82) is 0 Å². The zero-order chi connectivity index (χ0) is 14.1. The summed E-state index contributed by atoms with van der Waals surface area (Å²) in [5.74, 6) is -0.285. The number of rotatable bonds is 2. The van der Waals surface area contributed by atoms with E-state index in [1.807, 2.05) is 0 Å². The number of anilines is 2. The van der Waals surface area contributed by atoms with Crippen molar-refractivity contribution in [3.63, 3.8) is 0 Å². The first-order chi connectivity index (χ1) is 9.61. The highest BCUT2D eigenvalue weighted by atomic mass is 79.9. The van der Waals surface area contributed by atoms with Crippen molar-refractivity contribution in [1.82, 2.24) is 4.98 Å². The van der Waals surface area contributed by atoms with Crippen molar-refractivity contribution in [2.45, 2.75) is 6.42 Å². The summed E-state index contributed by atoms with van der Waals surface area (Å²) in [6.07, 6.45) is 1.94. The number of benzene rings is 1. The number of nitrogens with zero attached hydrogens (tertiary/aromatic N) is 1. The summed E-state index contributed by atoms with van der Waals surface area (Å²) >= 11 is 3.23. The normalized spacial score (nSPS) is 12.8. The first-order valence-electron chi connectivity index (χ1n) is 5.97. The molecule has 0 saturated carbocycles. The summed E-state index contributed by atoms with van der Waals surface area (Å²) in [5.41, 5.74) is 2.73. The van der Waals surface area contributed by atoms with Crippen LogP contribution in [-0.4, -0.2) is 16.8 Å². The number of hydrogen-bond acceptors (Lipinski definition) is 3. The minimum atomic E-state index is -0.238. The van der Waals surface area contributed by atoms with Gasteiger partial charge in [-0.2, -0.15) is 0 Å². The minimum Gasteiger partial charge on any atom is -0.326 e. The molecule has 2 aromatic rings. The fourth-order valence-electron chi connectivity index (χ4n) is 2.01. The minimum absolute atomic E-state index is 0.0466. The van der Waals surface area contributed by atoms with Crippen LogP contribution in [0.1, 0.15) is 15.9 Å². The van der Waals surface area contributed by atoms with Crippen molar-refractivity contribution < 1.29 is 9.59 Å². The van der Waals surface area contributed by atoms with Crippen LogP contribution in [0.15, 0.2) is 41.1 Å². The van der Waals surface area contributed by atoms with E-state index in [0.29, 0.717) is 28.0 Å². The van der Waals surface area contributed by atoms with Crippen LogP contribution in [0, 0.1) is 0 Å². The highest BCUT2D eigenvalue weighted by Gasteiger charge is 2.19. The SMILES string of the molecule is O=C1Cc2ccc(C(=O)Nc3ccc(Br)nc3)cc2N1. The summed E-state index contributed by atoms with van der Waals surface area (Å²) in [7, 11) is 0. The number of halogens is 1. The van der Waals surface area contributed by atoms with Crippen molar-refractivity contribution in [3.8, 4) is 0 Å². The lowest BCUT2D eigenvalue weighted by Gasteiger charge is -2.06. The highest BCUT2D eigenvalue weighted by Crippen LogP contribution is 2.24. The van der Waals surface area contributed by atoms with Gasteiger partial charge >= 0.3 is 0 Å². The molecule has 0 bridgehead atoms. The molecule has 1 aliphatic heterocycles. The summed E-state index contributed by atoms with van der Waals surface area (Å²) < 4.78 is 0.704. The fraction of sp³-hybridized carbons (Fsp3) is 0.0714. The van der Waals surface area contributed by atoms with Crippen LogP contribution in [0.2, 0.25) is 0 Å². The number of amides is 2. The van der Waals surface area contributed by atoms with E-state index in [9.17, 15) is 9.59 Å². The Labute approximate surface area is 123 Å². The third-order valence-corrected chi connectivity index (χ3v) is 3.45. The van der Waals surface area contributed by atoms with Gasteiger partial charge in [-0.15, -0.1) is 0 Å². The average Bonchev–Trinajstić information content (AvgIpc) is 2.80. The van der Waals surface area contributed by atoms with E-state index in [0.717, 1.165) is 5.56 Å². The molecule has 5 nitrogen and oxygen atoms in total. The first kappa shape index (κ1) is 12.8. The third kappa shape index (κ3) is 2.55. The molecule has 0 saturated heterocycles. The Morgan fingerprint density at radius 2 is 2.15 bits per heavy atom. The van der Waals surface area contributed by atoms with E-state index in [4.69, 9.17) is 0 Å². The van der Waals surface area contributed by atoms with Gasteiger partial charge in [0.05, 0.1) is 18.3 Å². The van der Waals surface area contributed by atoms with Gasteiger partial charge in [0, 0.05) is 11.3 Å². The maximum atomic E-state index is 12.1. The fourth-order valence-corrected chi connectivity index (χ4v) is 2.24. The molecule has 0 unspecified atom stereocenters. The molecule has 0 atom stereocenters. The van der Waals surface area contributed by atoms with Gasteiger partial charge in [-0.25, -0.2) is 4.98 Å². The van der Waals surface area contributed by atoms with Gasteiger partial charge in [0.25, 0.3) is 5.91 Å². The number of aromatic nitrogens is 1. The second kappa shape index (κ2) is 5.05. The zero-order valence-corrected chi connectivity index (χ0v) is 11.9. The van der Waals surface area contributed by atoms with Crippen molar-refractivity contribution >= 4 is 39.1 Å². The molecule has 1 aliphatic rings. The maximum Gasteiger partial charge on any atom is 0.255 e. The number of carbonyl (C=O) groups excluding carboxylic acids is 2. The molecule has 2 heterocycles. The second-order valence-electron chi connectivity index (χ2n) is 4.42. The van der Waals surface area contributed by atoms with Gasteiger partial charge in [-0.05, 0) is 45.8 Å². The number of pyridine rings is 1. The summed E-state index contributed by atoms with van der Waals surface area (Å²) in [6.45, 7) is 0. The Morgan fingerprint density at radius 1 is 1.30 bits per heavy atom. The number of nitrogens with one attached hydrogen (secondary N) is 2. The van der Waals surface area contributed by atoms with Crippen LogP contribution >= 0.6 is 15.9 Å². The third-order valence-electron chi connectivity index (χ3n) is 2.98. The lowest BCUT2D eigenvalue weighted by molar-refractivity contribution is -0.115. The summed E-state index contributed by atoms with van der Waals surface area (Å²) in [4.78, 5) is 27.4. The summed E-state index contributed by atoms with van der Waals surface area (Å²) in [5, 5.41) is 5.48. The van der Waals surface area contributed by atoms with E-state index < -0.39 is 0 Å². The molecule has 100 valence electrons. The Balaban J connectivity index is 1.79. The number of fused-ring (bicyclic) bond motifs is 1. The second-order valence-corrected chi connectivity index (χ2v) is 5.23. The van der Waals surface area contributed by atoms with Gasteiger partial charge in [0.15, 0.2) is 0 Å². The van der Waals surface area contributed by atoms with E-state index in [2.05, 4.69) is 31.5 Å². The largest absolute Gasteiger partial charge is 0.326 e. The summed E-state index contributed by atoms with van der Waals surface area (Å²) in [6, 6.07) is 8.69. The van der Waals surface area contributed by atoms with E-state index in [-0.39, 0.29) is 11.8 Å². The molecule has 2 amide bonds. The van der Waals surface area contributed by atoms with Crippen LogP contribution in [0.5, 0.6) is 0 Å². The van der Waals surface area contributed by atoms with Crippen molar-refractivity contribution in [3.05, 3.63) is 52.3 Å². The smallest absolute Gasteiger partial charge is 0.255 e. The van der Waals surface area contributed by atoms with Gasteiger partial charge in [0.2, 0.25) is 5.91 Å². The zero-order valence-electron chi connectivity index (χ0n) is 10.3. The van der Waals surface area contributed by atoms with Gasteiger partial charge < -0.3 is 10.6 Å². The Morgan fingerprint density at radius 3 is 2.90 bits per heavy atom.